The number of aliphatic hydroxyl groups excluding tert-OH is 1. The van der Waals surface area contributed by atoms with Crippen molar-refractivity contribution in [1.29, 1.82) is 0 Å². The van der Waals surface area contributed by atoms with Gasteiger partial charge in [0.15, 0.2) is 0 Å². The Labute approximate surface area is 95.2 Å². The van der Waals surface area contributed by atoms with Crippen molar-refractivity contribution in [2.24, 2.45) is 0 Å². The highest BCUT2D eigenvalue weighted by molar-refractivity contribution is 5.88. The van der Waals surface area contributed by atoms with Crippen molar-refractivity contribution >= 4 is 11.6 Å². The van der Waals surface area contributed by atoms with Crippen LogP contribution in [-0.4, -0.2) is 24.2 Å². The second kappa shape index (κ2) is 5.51. The number of benzene rings is 1. The molecule has 16 heavy (non-hydrogen) atoms. The lowest BCUT2D eigenvalue weighted by molar-refractivity contribution is -0.114. The fraction of sp³-hybridized carbons (Fsp3) is 0.417. The third-order valence-corrected chi connectivity index (χ3v) is 2.12. The van der Waals surface area contributed by atoms with E-state index in [9.17, 15) is 9.90 Å². The topological polar surface area (TPSA) is 58.6 Å². The summed E-state index contributed by atoms with van der Waals surface area (Å²) >= 11 is 0. The van der Waals surface area contributed by atoms with Crippen LogP contribution in [0.2, 0.25) is 0 Å². The number of carbonyl (C=O) groups excluding carboxylic acids is 1. The van der Waals surface area contributed by atoms with Crippen molar-refractivity contribution in [2.75, 3.05) is 12.4 Å². The summed E-state index contributed by atoms with van der Waals surface area (Å²) in [5, 5.41) is 12.0. The zero-order valence-corrected chi connectivity index (χ0v) is 9.78. The Morgan fingerprint density at radius 1 is 1.56 bits per heavy atom. The van der Waals surface area contributed by atoms with Gasteiger partial charge in [0.05, 0.1) is 13.2 Å². The number of nitrogens with one attached hydrogen (secondary N) is 1. The molecule has 2 N–H and O–H groups in total. The number of hydrogen-bond acceptors (Lipinski definition) is 3. The molecule has 0 aliphatic rings. The molecule has 4 nitrogen and oxygen atoms in total. The minimum absolute atomic E-state index is 0.120. The summed E-state index contributed by atoms with van der Waals surface area (Å²) < 4.78 is 5.21. The molecule has 0 aromatic heterocycles. The van der Waals surface area contributed by atoms with E-state index in [0.29, 0.717) is 17.9 Å². The predicted molar refractivity (Wildman–Crippen MR) is 62.7 cm³/mol. The van der Waals surface area contributed by atoms with Crippen molar-refractivity contribution in [3.05, 3.63) is 23.8 Å². The Morgan fingerprint density at radius 3 is 2.75 bits per heavy atom. The minimum atomic E-state index is -0.416. The van der Waals surface area contributed by atoms with Crippen LogP contribution in [0.25, 0.3) is 0 Å². The molecule has 0 radical (unpaired) electrons. The lowest BCUT2D eigenvalue weighted by Crippen LogP contribution is -2.08. The summed E-state index contributed by atoms with van der Waals surface area (Å²) in [6.07, 6.45) is 0.115. The van der Waals surface area contributed by atoms with E-state index in [2.05, 4.69) is 5.32 Å². The molecular formula is C12H17NO3. The highest BCUT2D eigenvalue weighted by Crippen LogP contribution is 2.24. The summed E-state index contributed by atoms with van der Waals surface area (Å²) in [7, 11) is 1.57. The average molecular weight is 223 g/mol. The Morgan fingerprint density at radius 2 is 2.25 bits per heavy atom. The van der Waals surface area contributed by atoms with E-state index in [-0.39, 0.29) is 5.91 Å². The molecule has 1 atom stereocenters. The third kappa shape index (κ3) is 3.55. The van der Waals surface area contributed by atoms with E-state index in [0.717, 1.165) is 5.56 Å². The van der Waals surface area contributed by atoms with Gasteiger partial charge in [0.25, 0.3) is 0 Å². The predicted octanol–water partition coefficient (Wildman–Crippen LogP) is 1.58. The van der Waals surface area contributed by atoms with Crippen LogP contribution in [0.3, 0.4) is 0 Å². The molecule has 88 valence electrons. The first-order valence-corrected chi connectivity index (χ1v) is 5.15. The molecule has 0 aliphatic heterocycles. The van der Waals surface area contributed by atoms with Crippen molar-refractivity contribution in [3.8, 4) is 5.75 Å². The van der Waals surface area contributed by atoms with Crippen LogP contribution in [0, 0.1) is 0 Å². The van der Waals surface area contributed by atoms with Gasteiger partial charge in [-0.2, -0.15) is 0 Å². The lowest BCUT2D eigenvalue weighted by atomic mass is 10.1. The van der Waals surface area contributed by atoms with Crippen LogP contribution in [-0.2, 0) is 11.2 Å². The van der Waals surface area contributed by atoms with Gasteiger partial charge in [-0.3, -0.25) is 4.79 Å². The van der Waals surface area contributed by atoms with Crippen LogP contribution in [0.5, 0.6) is 5.75 Å². The second-order valence-corrected chi connectivity index (χ2v) is 3.76. The van der Waals surface area contributed by atoms with E-state index in [1.54, 1.807) is 26.2 Å². The van der Waals surface area contributed by atoms with E-state index in [1.807, 2.05) is 6.07 Å². The third-order valence-electron chi connectivity index (χ3n) is 2.12. The normalized spacial score (nSPS) is 12.0. The number of carbonyl (C=O) groups is 1. The SMILES string of the molecule is COc1cc(NC(C)=O)ccc1CC(C)O. The van der Waals surface area contributed by atoms with Gasteiger partial charge < -0.3 is 15.2 Å². The largest absolute Gasteiger partial charge is 0.496 e. The lowest BCUT2D eigenvalue weighted by Gasteiger charge is -2.12. The number of amides is 1. The Kier molecular flexibility index (Phi) is 4.31. The molecule has 0 spiro atoms. The maximum atomic E-state index is 10.9. The summed E-state index contributed by atoms with van der Waals surface area (Å²) in [5.41, 5.74) is 1.62. The van der Waals surface area contributed by atoms with Crippen LogP contribution < -0.4 is 10.1 Å². The van der Waals surface area contributed by atoms with Crippen molar-refractivity contribution in [3.63, 3.8) is 0 Å². The van der Waals surface area contributed by atoms with Gasteiger partial charge in [0, 0.05) is 25.1 Å². The fourth-order valence-electron chi connectivity index (χ4n) is 1.51. The van der Waals surface area contributed by atoms with Crippen LogP contribution in [0.1, 0.15) is 19.4 Å². The molecule has 1 aromatic carbocycles. The maximum Gasteiger partial charge on any atom is 0.221 e. The van der Waals surface area contributed by atoms with Crippen LogP contribution in [0.15, 0.2) is 18.2 Å². The minimum Gasteiger partial charge on any atom is -0.496 e. The Bertz CT molecular complexity index is 375. The van der Waals surface area contributed by atoms with Gasteiger partial charge >= 0.3 is 0 Å². The molecular weight excluding hydrogens is 206 g/mol. The van der Waals surface area contributed by atoms with E-state index < -0.39 is 6.10 Å². The molecule has 0 aliphatic carbocycles. The molecule has 0 fully saturated rings. The quantitative estimate of drug-likeness (QED) is 0.814. The van der Waals surface area contributed by atoms with Crippen molar-refractivity contribution < 1.29 is 14.6 Å². The molecule has 1 amide bonds. The van der Waals surface area contributed by atoms with Crippen LogP contribution >= 0.6 is 0 Å². The number of methoxy groups -OCH3 is 1. The summed E-state index contributed by atoms with van der Waals surface area (Å²) in [6, 6.07) is 5.39. The first kappa shape index (κ1) is 12.5. The highest BCUT2D eigenvalue weighted by atomic mass is 16.5. The zero-order chi connectivity index (χ0) is 12.1. The first-order chi connectivity index (χ1) is 7.52. The summed E-state index contributed by atoms with van der Waals surface area (Å²) in [5.74, 6) is 0.553. The molecule has 0 saturated carbocycles. The highest BCUT2D eigenvalue weighted by Gasteiger charge is 2.07. The molecule has 4 heteroatoms. The molecule has 0 saturated heterocycles. The standard InChI is InChI=1S/C12H17NO3/c1-8(14)6-10-4-5-11(13-9(2)15)7-12(10)16-3/h4-5,7-8,14H,6H2,1-3H3,(H,13,15). The van der Waals surface area contributed by atoms with Gasteiger partial charge in [-0.1, -0.05) is 6.07 Å². The van der Waals surface area contributed by atoms with Gasteiger partial charge in [-0.25, -0.2) is 0 Å². The maximum absolute atomic E-state index is 10.9. The second-order valence-electron chi connectivity index (χ2n) is 3.76. The number of aliphatic hydroxyl groups is 1. The molecule has 1 unspecified atom stereocenters. The molecule has 0 heterocycles. The zero-order valence-electron chi connectivity index (χ0n) is 9.78. The van der Waals surface area contributed by atoms with Gasteiger partial charge in [-0.15, -0.1) is 0 Å². The monoisotopic (exact) mass is 223 g/mol. The summed E-state index contributed by atoms with van der Waals surface area (Å²) in [6.45, 7) is 3.18. The Hall–Kier alpha value is -1.55. The van der Waals surface area contributed by atoms with Crippen molar-refractivity contribution in [2.45, 2.75) is 26.4 Å². The molecule has 1 aromatic rings. The van der Waals surface area contributed by atoms with Gasteiger partial charge in [0.2, 0.25) is 5.91 Å². The fourth-order valence-corrected chi connectivity index (χ4v) is 1.51. The van der Waals surface area contributed by atoms with Crippen molar-refractivity contribution in [1.82, 2.24) is 0 Å². The van der Waals surface area contributed by atoms with Crippen LogP contribution in [0.4, 0.5) is 5.69 Å². The summed E-state index contributed by atoms with van der Waals surface area (Å²) in [4.78, 5) is 10.9. The van der Waals surface area contributed by atoms with E-state index in [4.69, 9.17) is 4.74 Å². The number of anilines is 1. The number of rotatable bonds is 4. The Balaban J connectivity index is 2.92. The molecule has 1 rings (SSSR count). The smallest absolute Gasteiger partial charge is 0.221 e. The van der Waals surface area contributed by atoms with E-state index >= 15 is 0 Å². The number of hydrogen-bond donors (Lipinski definition) is 2. The van der Waals surface area contributed by atoms with E-state index in [1.165, 1.54) is 6.92 Å². The molecule has 0 bridgehead atoms. The first-order valence-electron chi connectivity index (χ1n) is 5.15. The van der Waals surface area contributed by atoms with Gasteiger partial charge in [-0.05, 0) is 18.6 Å². The number of ether oxygens (including phenoxy) is 1. The average Bonchev–Trinajstić information content (AvgIpc) is 2.18. The van der Waals surface area contributed by atoms with Gasteiger partial charge in [0.1, 0.15) is 5.75 Å².